The predicted octanol–water partition coefficient (Wildman–Crippen LogP) is 3.65. The molecule has 1 saturated heterocycles. The summed E-state index contributed by atoms with van der Waals surface area (Å²) in [7, 11) is 0. The third-order valence-corrected chi connectivity index (χ3v) is 7.05. The van der Waals surface area contributed by atoms with Crippen LogP contribution in [0.15, 0.2) is 60.8 Å². The first-order chi connectivity index (χ1) is 17.0. The number of fused-ring (bicyclic) bond motifs is 1. The van der Waals surface area contributed by atoms with E-state index in [-0.39, 0.29) is 30.2 Å². The van der Waals surface area contributed by atoms with E-state index >= 15 is 0 Å². The second-order valence-electron chi connectivity index (χ2n) is 8.36. The molecule has 178 valence electrons. The van der Waals surface area contributed by atoms with E-state index in [0.29, 0.717) is 36.4 Å². The van der Waals surface area contributed by atoms with Crippen LogP contribution in [0.4, 0.5) is 4.39 Å². The Hall–Kier alpha value is -3.69. The van der Waals surface area contributed by atoms with Crippen LogP contribution in [0.2, 0.25) is 0 Å². The van der Waals surface area contributed by atoms with Crippen LogP contribution in [0.3, 0.4) is 0 Å². The second kappa shape index (κ2) is 9.89. The Morgan fingerprint density at radius 3 is 2.80 bits per heavy atom. The zero-order valence-corrected chi connectivity index (χ0v) is 19.9. The minimum atomic E-state index is -0.331. The van der Waals surface area contributed by atoms with Crippen molar-refractivity contribution in [2.75, 3.05) is 26.2 Å². The highest BCUT2D eigenvalue weighted by Crippen LogP contribution is 2.31. The summed E-state index contributed by atoms with van der Waals surface area (Å²) >= 11 is 1.41. The largest absolute Gasteiger partial charge is 0.350 e. The molecule has 0 bridgehead atoms. The van der Waals surface area contributed by atoms with Crippen LogP contribution < -0.4 is 10.6 Å². The van der Waals surface area contributed by atoms with Gasteiger partial charge in [-0.2, -0.15) is 0 Å². The molecule has 9 heteroatoms. The molecule has 2 N–H and O–H groups in total. The van der Waals surface area contributed by atoms with Crippen LogP contribution in [0.5, 0.6) is 0 Å². The summed E-state index contributed by atoms with van der Waals surface area (Å²) < 4.78 is 13.4. The fraction of sp³-hybridized carbons (Fsp3) is 0.231. The average Bonchev–Trinajstić information content (AvgIpc) is 3.28. The van der Waals surface area contributed by atoms with Crippen molar-refractivity contribution in [3.8, 4) is 10.4 Å². The quantitative estimate of drug-likeness (QED) is 0.447. The van der Waals surface area contributed by atoms with E-state index in [0.717, 1.165) is 20.8 Å². The molecule has 35 heavy (non-hydrogen) atoms. The number of carbonyl (C=O) groups is 2. The van der Waals surface area contributed by atoms with Crippen molar-refractivity contribution < 1.29 is 14.0 Å². The minimum absolute atomic E-state index is 0.193. The molecule has 1 aliphatic heterocycles. The summed E-state index contributed by atoms with van der Waals surface area (Å²) in [6, 6.07) is 15.1. The smallest absolute Gasteiger partial charge is 0.274 e. The van der Waals surface area contributed by atoms with E-state index in [1.165, 1.54) is 23.5 Å². The molecule has 1 atom stereocenters. The van der Waals surface area contributed by atoms with Gasteiger partial charge in [0.15, 0.2) is 0 Å². The first-order valence-electron chi connectivity index (χ1n) is 11.4. The maximum atomic E-state index is 13.6. The Bertz CT molecular complexity index is 1380. The van der Waals surface area contributed by atoms with Gasteiger partial charge < -0.3 is 15.5 Å². The predicted molar refractivity (Wildman–Crippen MR) is 134 cm³/mol. The van der Waals surface area contributed by atoms with Crippen LogP contribution in [-0.2, 0) is 0 Å². The fourth-order valence-corrected chi connectivity index (χ4v) is 5.22. The SMILES string of the molecule is Cc1nc(C(=O)N2CCNCC2CNC(=O)c2cccc3cccnc23)c(-c2ccc(F)cc2)s1. The lowest BCUT2D eigenvalue weighted by Gasteiger charge is -2.36. The molecule has 1 fully saturated rings. The molecule has 2 aromatic carbocycles. The summed E-state index contributed by atoms with van der Waals surface area (Å²) in [5.41, 5.74) is 2.25. The molecule has 0 spiro atoms. The average molecular weight is 490 g/mol. The lowest BCUT2D eigenvalue weighted by atomic mass is 10.1. The zero-order chi connectivity index (χ0) is 24.4. The number of benzene rings is 2. The zero-order valence-electron chi connectivity index (χ0n) is 19.1. The second-order valence-corrected chi connectivity index (χ2v) is 9.57. The Labute approximate surface area is 206 Å². The van der Waals surface area contributed by atoms with E-state index in [1.807, 2.05) is 31.2 Å². The molecule has 3 heterocycles. The number of amides is 2. The van der Waals surface area contributed by atoms with Gasteiger partial charge in [0, 0.05) is 37.8 Å². The summed E-state index contributed by atoms with van der Waals surface area (Å²) in [6.45, 7) is 3.83. The van der Waals surface area contributed by atoms with Crippen LogP contribution in [0.1, 0.15) is 25.9 Å². The van der Waals surface area contributed by atoms with Crippen molar-refractivity contribution in [1.82, 2.24) is 25.5 Å². The van der Waals surface area contributed by atoms with Crippen molar-refractivity contribution in [1.29, 1.82) is 0 Å². The maximum absolute atomic E-state index is 13.6. The number of rotatable bonds is 5. The normalized spacial score (nSPS) is 15.8. The number of hydrogen-bond donors (Lipinski definition) is 2. The topological polar surface area (TPSA) is 87.2 Å². The highest BCUT2D eigenvalue weighted by molar-refractivity contribution is 7.15. The Morgan fingerprint density at radius 2 is 1.97 bits per heavy atom. The maximum Gasteiger partial charge on any atom is 0.274 e. The summed E-state index contributed by atoms with van der Waals surface area (Å²) in [5.74, 6) is -0.757. The van der Waals surface area contributed by atoms with Crippen LogP contribution in [-0.4, -0.2) is 58.9 Å². The summed E-state index contributed by atoms with van der Waals surface area (Å²) in [6.07, 6.45) is 1.67. The molecule has 1 unspecified atom stereocenters. The fourth-order valence-electron chi connectivity index (χ4n) is 4.31. The number of hydrogen-bond acceptors (Lipinski definition) is 6. The van der Waals surface area contributed by atoms with E-state index in [2.05, 4.69) is 20.6 Å². The highest BCUT2D eigenvalue weighted by atomic mass is 32.1. The van der Waals surface area contributed by atoms with E-state index in [4.69, 9.17) is 0 Å². The summed E-state index contributed by atoms with van der Waals surface area (Å²) in [4.78, 5) is 38.0. The number of nitrogens with zero attached hydrogens (tertiary/aromatic N) is 3. The van der Waals surface area contributed by atoms with Gasteiger partial charge in [0.1, 0.15) is 11.5 Å². The third-order valence-electron chi connectivity index (χ3n) is 6.03. The number of halogens is 1. The van der Waals surface area contributed by atoms with Gasteiger partial charge in [-0.25, -0.2) is 9.37 Å². The third kappa shape index (κ3) is 4.78. The van der Waals surface area contributed by atoms with Crippen LogP contribution in [0, 0.1) is 12.7 Å². The van der Waals surface area contributed by atoms with Crippen LogP contribution in [0.25, 0.3) is 21.3 Å². The van der Waals surface area contributed by atoms with Gasteiger partial charge in [-0.3, -0.25) is 14.6 Å². The molecule has 2 aromatic heterocycles. The molecule has 0 aliphatic carbocycles. The van der Waals surface area contributed by atoms with Gasteiger partial charge in [0.2, 0.25) is 0 Å². The Kier molecular flexibility index (Phi) is 6.52. The number of aryl methyl sites for hydroxylation is 1. The molecule has 0 radical (unpaired) electrons. The van der Waals surface area contributed by atoms with Crippen molar-refractivity contribution in [2.45, 2.75) is 13.0 Å². The number of aromatic nitrogens is 2. The molecule has 0 saturated carbocycles. The van der Waals surface area contributed by atoms with Crippen molar-refractivity contribution in [2.24, 2.45) is 0 Å². The summed E-state index contributed by atoms with van der Waals surface area (Å²) in [5, 5.41) is 7.94. The number of nitrogens with one attached hydrogen (secondary N) is 2. The molecule has 7 nitrogen and oxygen atoms in total. The number of para-hydroxylation sites is 1. The molecular weight excluding hydrogens is 465 g/mol. The van der Waals surface area contributed by atoms with Gasteiger partial charge in [0.05, 0.1) is 27.0 Å². The monoisotopic (exact) mass is 489 g/mol. The lowest BCUT2D eigenvalue weighted by Crippen LogP contribution is -2.57. The van der Waals surface area contributed by atoms with E-state index in [9.17, 15) is 14.0 Å². The molecule has 2 amide bonds. The van der Waals surface area contributed by atoms with Crippen LogP contribution >= 0.6 is 11.3 Å². The first kappa shape index (κ1) is 23.1. The Balaban J connectivity index is 1.35. The lowest BCUT2D eigenvalue weighted by molar-refractivity contribution is 0.0620. The highest BCUT2D eigenvalue weighted by Gasteiger charge is 2.31. The van der Waals surface area contributed by atoms with Crippen molar-refractivity contribution in [3.05, 3.63) is 82.9 Å². The van der Waals surface area contributed by atoms with Crippen molar-refractivity contribution >= 4 is 34.1 Å². The van der Waals surface area contributed by atoms with Gasteiger partial charge in [0.25, 0.3) is 11.8 Å². The number of carbonyl (C=O) groups excluding carboxylic acids is 2. The van der Waals surface area contributed by atoms with Gasteiger partial charge in [-0.1, -0.05) is 30.3 Å². The number of piperazine rings is 1. The van der Waals surface area contributed by atoms with Gasteiger partial charge in [-0.15, -0.1) is 11.3 Å². The molecule has 4 aromatic rings. The number of thiazole rings is 1. The Morgan fingerprint density at radius 1 is 1.17 bits per heavy atom. The minimum Gasteiger partial charge on any atom is -0.350 e. The number of pyridine rings is 1. The van der Waals surface area contributed by atoms with E-state index in [1.54, 1.807) is 29.3 Å². The molecule has 5 rings (SSSR count). The standard InChI is InChI=1S/C26H24FN5O2S/c1-16-31-23(24(35-16)18-7-9-19(27)10-8-18)26(34)32-13-12-28-14-20(32)15-30-25(33)21-6-2-4-17-5-3-11-29-22(17)21/h2-11,20,28H,12-15H2,1H3,(H,30,33). The van der Waals surface area contributed by atoms with E-state index < -0.39 is 0 Å². The van der Waals surface area contributed by atoms with Gasteiger partial charge >= 0.3 is 0 Å². The molecule has 1 aliphatic rings. The van der Waals surface area contributed by atoms with Gasteiger partial charge in [-0.05, 0) is 36.8 Å². The van der Waals surface area contributed by atoms with Crippen molar-refractivity contribution in [3.63, 3.8) is 0 Å². The molecular formula is C26H24FN5O2S. The first-order valence-corrected chi connectivity index (χ1v) is 12.2.